The fraction of sp³-hybridized carbons (Fsp3) is 0.357. The molecule has 0 bridgehead atoms. The number of carbonyl (C=O) groups excluding carboxylic acids is 2. The molecule has 0 radical (unpaired) electrons. The van der Waals surface area contributed by atoms with Crippen molar-refractivity contribution in [3.05, 3.63) is 30.3 Å². The number of benzene rings is 1. The van der Waals surface area contributed by atoms with E-state index in [9.17, 15) is 9.59 Å². The Morgan fingerprint density at radius 3 is 2.38 bits per heavy atom. The molecule has 0 aliphatic rings. The van der Waals surface area contributed by atoms with Gasteiger partial charge in [0.25, 0.3) is 0 Å². The maximum Gasteiger partial charge on any atom is 0.338 e. The third-order valence-electron chi connectivity index (χ3n) is 2.68. The number of nitrogens with zero attached hydrogens (tertiary/aromatic N) is 3. The molecule has 0 saturated carbocycles. The quantitative estimate of drug-likeness (QED) is 0.674. The average Bonchev–Trinajstić information content (AvgIpc) is 2.50. The Labute approximate surface area is 129 Å². The molecule has 1 rings (SSSR count). The van der Waals surface area contributed by atoms with Crippen LogP contribution in [0.2, 0.25) is 0 Å². The summed E-state index contributed by atoms with van der Waals surface area (Å²) in [5.41, 5.74) is 0.511. The molecule has 0 aliphatic heterocycles. The highest BCUT2D eigenvalue weighted by Crippen LogP contribution is 2.17. The summed E-state index contributed by atoms with van der Waals surface area (Å²) in [5, 5.41) is 3.18. The number of aliphatic imine (C=N–C) groups is 1. The standard InChI is InChI=1S/C14H20N4O2S/c1-5-16-12(19)18(11-9-7-6-8-10-11)14(20)17(3)13(15-2)21-4/h6-10H,5H2,1-4H3,(H,16,19). The summed E-state index contributed by atoms with van der Waals surface area (Å²) in [7, 11) is 3.20. The first-order valence-corrected chi connectivity index (χ1v) is 7.70. The minimum Gasteiger partial charge on any atom is -0.338 e. The average molecular weight is 308 g/mol. The van der Waals surface area contributed by atoms with Crippen LogP contribution in [0.15, 0.2) is 35.3 Å². The topological polar surface area (TPSA) is 65.0 Å². The zero-order valence-electron chi connectivity index (χ0n) is 12.7. The second-order valence-electron chi connectivity index (χ2n) is 4.06. The minimum absolute atomic E-state index is 0.441. The molecule has 1 aromatic carbocycles. The molecule has 6 nitrogen and oxygen atoms in total. The van der Waals surface area contributed by atoms with Gasteiger partial charge in [0, 0.05) is 20.6 Å². The van der Waals surface area contributed by atoms with E-state index in [1.165, 1.54) is 16.7 Å². The Bertz CT molecular complexity index is 519. The maximum atomic E-state index is 12.6. The lowest BCUT2D eigenvalue weighted by Gasteiger charge is -2.26. The van der Waals surface area contributed by atoms with Crippen molar-refractivity contribution < 1.29 is 9.59 Å². The Hall–Kier alpha value is -2.02. The molecule has 1 aromatic rings. The van der Waals surface area contributed by atoms with E-state index in [1.54, 1.807) is 45.3 Å². The summed E-state index contributed by atoms with van der Waals surface area (Å²) in [6.07, 6.45) is 1.82. The van der Waals surface area contributed by atoms with E-state index in [2.05, 4.69) is 10.3 Å². The van der Waals surface area contributed by atoms with E-state index < -0.39 is 12.1 Å². The highest BCUT2D eigenvalue weighted by atomic mass is 32.2. The van der Waals surface area contributed by atoms with Crippen molar-refractivity contribution in [2.75, 3.05) is 31.8 Å². The van der Waals surface area contributed by atoms with Crippen molar-refractivity contribution >= 4 is 34.7 Å². The Morgan fingerprint density at radius 2 is 1.90 bits per heavy atom. The second kappa shape index (κ2) is 8.31. The zero-order chi connectivity index (χ0) is 15.8. The summed E-state index contributed by atoms with van der Waals surface area (Å²) in [6.45, 7) is 2.24. The SMILES string of the molecule is CCNC(=O)N(C(=O)N(C)C(=NC)SC)c1ccccc1. The van der Waals surface area contributed by atoms with Crippen LogP contribution in [0.5, 0.6) is 0 Å². The van der Waals surface area contributed by atoms with Crippen molar-refractivity contribution in [3.63, 3.8) is 0 Å². The molecule has 1 N–H and O–H groups in total. The van der Waals surface area contributed by atoms with Gasteiger partial charge in [-0.25, -0.2) is 14.5 Å². The molecular weight excluding hydrogens is 288 g/mol. The lowest BCUT2D eigenvalue weighted by Crippen LogP contribution is -2.50. The summed E-state index contributed by atoms with van der Waals surface area (Å²) in [5.74, 6) is 0. The van der Waals surface area contributed by atoms with Crippen LogP contribution in [0.3, 0.4) is 0 Å². The number of carbonyl (C=O) groups is 2. The van der Waals surface area contributed by atoms with Gasteiger partial charge in [-0.3, -0.25) is 9.89 Å². The summed E-state index contributed by atoms with van der Waals surface area (Å²) in [4.78, 5) is 31.3. The number of amidine groups is 1. The van der Waals surface area contributed by atoms with Crippen LogP contribution in [-0.4, -0.2) is 49.0 Å². The number of amides is 4. The first-order valence-electron chi connectivity index (χ1n) is 6.48. The summed E-state index contributed by atoms with van der Waals surface area (Å²) < 4.78 is 0. The fourth-order valence-corrected chi connectivity index (χ4v) is 2.27. The molecule has 7 heteroatoms. The van der Waals surface area contributed by atoms with Gasteiger partial charge in [0.2, 0.25) is 0 Å². The molecule has 0 aliphatic carbocycles. The number of hydrogen-bond donors (Lipinski definition) is 1. The number of para-hydroxylation sites is 1. The van der Waals surface area contributed by atoms with Gasteiger partial charge in [0.15, 0.2) is 5.17 Å². The number of rotatable bonds is 2. The van der Waals surface area contributed by atoms with Crippen molar-refractivity contribution in [1.82, 2.24) is 10.2 Å². The first kappa shape index (κ1) is 17.0. The summed E-state index contributed by atoms with van der Waals surface area (Å²) in [6, 6.07) is 7.88. The number of hydrogen-bond acceptors (Lipinski definition) is 4. The van der Waals surface area contributed by atoms with E-state index in [0.717, 1.165) is 4.90 Å². The second-order valence-corrected chi connectivity index (χ2v) is 4.83. The molecule has 0 atom stereocenters. The highest BCUT2D eigenvalue weighted by molar-refractivity contribution is 8.13. The van der Waals surface area contributed by atoms with E-state index in [4.69, 9.17) is 0 Å². The molecule has 0 saturated heterocycles. The van der Waals surface area contributed by atoms with Gasteiger partial charge in [0.1, 0.15) is 0 Å². The molecule has 0 fully saturated rings. The van der Waals surface area contributed by atoms with Gasteiger partial charge >= 0.3 is 12.1 Å². The predicted molar refractivity (Wildman–Crippen MR) is 88.0 cm³/mol. The van der Waals surface area contributed by atoms with Gasteiger partial charge in [-0.05, 0) is 25.3 Å². The third-order valence-corrected chi connectivity index (χ3v) is 3.51. The fourth-order valence-electron chi connectivity index (χ4n) is 1.73. The number of imide groups is 1. The van der Waals surface area contributed by atoms with Crippen molar-refractivity contribution in [2.24, 2.45) is 4.99 Å². The zero-order valence-corrected chi connectivity index (χ0v) is 13.5. The molecule has 0 aromatic heterocycles. The van der Waals surface area contributed by atoms with Gasteiger partial charge in [0.05, 0.1) is 5.69 Å². The largest absolute Gasteiger partial charge is 0.338 e. The van der Waals surface area contributed by atoms with Crippen molar-refractivity contribution in [3.8, 4) is 0 Å². The molecule has 21 heavy (non-hydrogen) atoms. The van der Waals surface area contributed by atoms with Gasteiger partial charge < -0.3 is 5.32 Å². The van der Waals surface area contributed by atoms with E-state index in [-0.39, 0.29) is 0 Å². The smallest absolute Gasteiger partial charge is 0.338 e. The molecule has 4 amide bonds. The minimum atomic E-state index is -0.461. The number of thioether (sulfide) groups is 1. The first-order chi connectivity index (χ1) is 10.1. The number of anilines is 1. The van der Waals surface area contributed by atoms with Crippen molar-refractivity contribution in [2.45, 2.75) is 6.92 Å². The Balaban J connectivity index is 3.13. The van der Waals surface area contributed by atoms with Crippen LogP contribution in [0.25, 0.3) is 0 Å². The van der Waals surface area contributed by atoms with Crippen molar-refractivity contribution in [1.29, 1.82) is 0 Å². The number of nitrogens with one attached hydrogen (secondary N) is 1. The molecular formula is C14H20N4O2S. The van der Waals surface area contributed by atoms with Crippen LogP contribution < -0.4 is 10.2 Å². The Kier molecular flexibility index (Phi) is 6.74. The molecule has 0 heterocycles. The predicted octanol–water partition coefficient (Wildman–Crippen LogP) is 2.62. The summed E-state index contributed by atoms with van der Waals surface area (Å²) >= 11 is 1.34. The Morgan fingerprint density at radius 1 is 1.29 bits per heavy atom. The normalized spacial score (nSPS) is 11.0. The maximum absolute atomic E-state index is 12.6. The monoisotopic (exact) mass is 308 g/mol. The van der Waals surface area contributed by atoms with Gasteiger partial charge in [-0.15, -0.1) is 0 Å². The molecule has 114 valence electrons. The van der Waals surface area contributed by atoms with Crippen LogP contribution in [0.4, 0.5) is 15.3 Å². The third kappa shape index (κ3) is 4.22. The van der Waals surface area contributed by atoms with Crippen LogP contribution in [-0.2, 0) is 0 Å². The van der Waals surface area contributed by atoms with Crippen LogP contribution >= 0.6 is 11.8 Å². The molecule has 0 spiro atoms. The molecule has 0 unspecified atom stereocenters. The van der Waals surface area contributed by atoms with Gasteiger partial charge in [-0.2, -0.15) is 0 Å². The van der Waals surface area contributed by atoms with E-state index >= 15 is 0 Å². The van der Waals surface area contributed by atoms with E-state index in [1.807, 2.05) is 12.3 Å². The lowest BCUT2D eigenvalue weighted by molar-refractivity contribution is 0.226. The van der Waals surface area contributed by atoms with E-state index in [0.29, 0.717) is 17.4 Å². The van der Waals surface area contributed by atoms with Gasteiger partial charge in [-0.1, -0.05) is 30.0 Å². The number of urea groups is 2. The highest BCUT2D eigenvalue weighted by Gasteiger charge is 2.27. The lowest BCUT2D eigenvalue weighted by atomic mass is 10.3. The van der Waals surface area contributed by atoms with Crippen LogP contribution in [0.1, 0.15) is 6.92 Å². The van der Waals surface area contributed by atoms with Crippen LogP contribution in [0, 0.1) is 0 Å².